The van der Waals surface area contributed by atoms with Gasteiger partial charge < -0.3 is 13.0 Å². The maximum atomic E-state index is 11.7. The number of esters is 1. The molecular formula is C15H34O4Si3. The third-order valence-corrected chi connectivity index (χ3v) is 13.8. The zero-order valence-electron chi connectivity index (χ0n) is 16.0. The predicted octanol–water partition coefficient (Wildman–Crippen LogP) is 4.66. The number of carbonyl (C=O) groups is 1. The molecule has 0 aromatic rings. The Hall–Kier alpha value is -0.219. The van der Waals surface area contributed by atoms with Crippen LogP contribution in [0.4, 0.5) is 0 Å². The molecule has 0 heterocycles. The average molecular weight is 363 g/mol. The number of hydrogen-bond donors (Lipinski definition) is 0. The Bertz CT molecular complexity index is 403. The third kappa shape index (κ3) is 7.36. The van der Waals surface area contributed by atoms with Crippen LogP contribution in [-0.4, -0.2) is 37.8 Å². The summed E-state index contributed by atoms with van der Waals surface area (Å²) in [4.78, 5) is 11.7. The van der Waals surface area contributed by atoms with Crippen molar-refractivity contribution in [2.45, 2.75) is 71.6 Å². The smallest absolute Gasteiger partial charge is 0.333 e. The van der Waals surface area contributed by atoms with Gasteiger partial charge in [0.1, 0.15) is 0 Å². The fraction of sp³-hybridized carbons (Fsp3) is 0.800. The fourth-order valence-electron chi connectivity index (χ4n) is 1.97. The van der Waals surface area contributed by atoms with Gasteiger partial charge in [-0.25, -0.2) is 4.79 Å². The Kier molecular flexibility index (Phi) is 7.05. The molecular weight excluding hydrogens is 328 g/mol. The summed E-state index contributed by atoms with van der Waals surface area (Å²) in [6.45, 7) is 24.8. The Balaban J connectivity index is 5.37. The molecule has 0 N–H and O–H groups in total. The van der Waals surface area contributed by atoms with E-state index in [1.54, 1.807) is 6.92 Å². The van der Waals surface area contributed by atoms with Gasteiger partial charge in [-0.15, -0.1) is 0 Å². The molecule has 0 aromatic heterocycles. The van der Waals surface area contributed by atoms with Crippen LogP contribution in [0.1, 0.15) is 20.8 Å². The summed E-state index contributed by atoms with van der Waals surface area (Å²) >= 11 is 0. The molecule has 0 saturated carbocycles. The maximum absolute atomic E-state index is 11.7. The molecule has 0 radical (unpaired) electrons. The van der Waals surface area contributed by atoms with Crippen molar-refractivity contribution in [3.8, 4) is 0 Å². The highest BCUT2D eigenvalue weighted by Crippen LogP contribution is 2.42. The quantitative estimate of drug-likeness (QED) is 0.358. The molecule has 0 saturated heterocycles. The first-order chi connectivity index (χ1) is 9.49. The molecule has 0 unspecified atom stereocenters. The van der Waals surface area contributed by atoms with E-state index >= 15 is 0 Å². The van der Waals surface area contributed by atoms with Gasteiger partial charge in [-0.1, -0.05) is 20.4 Å². The van der Waals surface area contributed by atoms with E-state index < -0.39 is 25.2 Å². The minimum absolute atomic E-state index is 0.288. The summed E-state index contributed by atoms with van der Waals surface area (Å²) < 4.78 is 18.5. The van der Waals surface area contributed by atoms with Crippen LogP contribution in [-0.2, 0) is 17.8 Å². The standard InChI is InChI=1S/C15H34O4Si3/c1-13(2)14(16)17-12-15(3,4)22(11,18-20(5,6)7)19-21(8,9)10/h1,12H2,2-11H3. The third-order valence-electron chi connectivity index (χ3n) is 3.14. The van der Waals surface area contributed by atoms with Crippen LogP contribution in [0, 0.1) is 0 Å². The number of ether oxygens (including phenoxy) is 1. The van der Waals surface area contributed by atoms with Crippen molar-refractivity contribution in [1.29, 1.82) is 0 Å². The van der Waals surface area contributed by atoms with Gasteiger partial charge in [0.05, 0.1) is 6.61 Å². The number of hydrogen-bond acceptors (Lipinski definition) is 4. The molecule has 0 atom stereocenters. The fourth-order valence-corrected chi connectivity index (χ4v) is 14.4. The summed E-state index contributed by atoms with van der Waals surface area (Å²) in [6, 6.07) is 0. The van der Waals surface area contributed by atoms with E-state index in [9.17, 15) is 4.79 Å². The molecule has 0 spiro atoms. The first-order valence-corrected chi connectivity index (χ1v) is 16.9. The van der Waals surface area contributed by atoms with Crippen LogP contribution in [0.2, 0.25) is 50.9 Å². The van der Waals surface area contributed by atoms with E-state index in [0.717, 1.165) is 0 Å². The Morgan fingerprint density at radius 2 is 1.32 bits per heavy atom. The maximum Gasteiger partial charge on any atom is 0.333 e. The monoisotopic (exact) mass is 362 g/mol. The van der Waals surface area contributed by atoms with Crippen LogP contribution in [0.5, 0.6) is 0 Å². The van der Waals surface area contributed by atoms with E-state index in [0.29, 0.717) is 5.57 Å². The van der Waals surface area contributed by atoms with Crippen molar-refractivity contribution in [1.82, 2.24) is 0 Å². The predicted molar refractivity (Wildman–Crippen MR) is 100 cm³/mol. The molecule has 4 nitrogen and oxygen atoms in total. The van der Waals surface area contributed by atoms with E-state index in [1.165, 1.54) is 0 Å². The number of carbonyl (C=O) groups excluding carboxylic acids is 1. The van der Waals surface area contributed by atoms with Crippen molar-refractivity contribution >= 4 is 31.2 Å². The van der Waals surface area contributed by atoms with Gasteiger partial charge in [0.15, 0.2) is 16.6 Å². The van der Waals surface area contributed by atoms with Gasteiger partial charge in [-0.2, -0.15) is 0 Å². The summed E-state index contributed by atoms with van der Waals surface area (Å²) in [5.41, 5.74) is 0.413. The summed E-state index contributed by atoms with van der Waals surface area (Å²) in [5.74, 6) is -0.356. The lowest BCUT2D eigenvalue weighted by atomic mass is 10.2. The van der Waals surface area contributed by atoms with Crippen molar-refractivity contribution in [3.63, 3.8) is 0 Å². The minimum Gasteiger partial charge on any atom is -0.462 e. The zero-order chi connectivity index (χ0) is 18.0. The van der Waals surface area contributed by atoms with E-state index in [4.69, 9.17) is 13.0 Å². The minimum atomic E-state index is -2.53. The molecule has 0 bridgehead atoms. The Morgan fingerprint density at radius 1 is 0.955 bits per heavy atom. The van der Waals surface area contributed by atoms with Crippen molar-refractivity contribution in [2.24, 2.45) is 0 Å². The van der Waals surface area contributed by atoms with Crippen molar-refractivity contribution < 1.29 is 17.8 Å². The molecule has 0 fully saturated rings. The second kappa shape index (κ2) is 7.13. The van der Waals surface area contributed by atoms with E-state index in [-0.39, 0.29) is 17.6 Å². The SMILES string of the molecule is C=C(C)C(=O)OCC(C)(C)[Si](C)(O[Si](C)(C)C)O[Si](C)(C)C. The first-order valence-electron chi connectivity index (χ1n) is 7.72. The lowest BCUT2D eigenvalue weighted by Gasteiger charge is -2.47. The molecule has 0 aromatic carbocycles. The van der Waals surface area contributed by atoms with Crippen LogP contribution in [0.15, 0.2) is 12.2 Å². The van der Waals surface area contributed by atoms with Gasteiger partial charge in [-0.3, -0.25) is 0 Å². The lowest BCUT2D eigenvalue weighted by Crippen LogP contribution is -2.59. The molecule has 130 valence electrons. The Morgan fingerprint density at radius 3 is 1.59 bits per heavy atom. The molecule has 0 rings (SSSR count). The molecule has 22 heavy (non-hydrogen) atoms. The first kappa shape index (κ1) is 21.8. The summed E-state index contributed by atoms with van der Waals surface area (Å²) in [6.07, 6.45) is 0. The van der Waals surface area contributed by atoms with Crippen LogP contribution >= 0.6 is 0 Å². The second-order valence-corrected chi connectivity index (χ2v) is 21.9. The average Bonchev–Trinajstić information content (AvgIpc) is 2.19. The lowest BCUT2D eigenvalue weighted by molar-refractivity contribution is -0.139. The summed E-state index contributed by atoms with van der Waals surface area (Å²) in [5, 5.41) is -0.335. The molecule has 0 amide bonds. The van der Waals surface area contributed by atoms with E-state index in [2.05, 4.69) is 66.3 Å². The van der Waals surface area contributed by atoms with Crippen molar-refractivity contribution in [3.05, 3.63) is 12.2 Å². The highest BCUT2D eigenvalue weighted by atomic mass is 28.5. The molecule has 0 aliphatic rings. The van der Waals surface area contributed by atoms with Gasteiger partial charge in [0.2, 0.25) is 0 Å². The summed E-state index contributed by atoms with van der Waals surface area (Å²) in [7, 11) is -6.09. The van der Waals surface area contributed by atoms with Crippen LogP contribution < -0.4 is 0 Å². The topological polar surface area (TPSA) is 44.8 Å². The normalized spacial score (nSPS) is 13.9. The second-order valence-electron chi connectivity index (χ2n) is 8.61. The van der Waals surface area contributed by atoms with Crippen LogP contribution in [0.3, 0.4) is 0 Å². The molecule has 0 aliphatic heterocycles. The van der Waals surface area contributed by atoms with Gasteiger partial charge in [0.25, 0.3) is 0 Å². The molecule has 0 aliphatic carbocycles. The largest absolute Gasteiger partial charge is 0.462 e. The number of rotatable bonds is 8. The zero-order valence-corrected chi connectivity index (χ0v) is 19.0. The van der Waals surface area contributed by atoms with Gasteiger partial charge >= 0.3 is 14.5 Å². The van der Waals surface area contributed by atoms with E-state index in [1.807, 2.05) is 0 Å². The highest BCUT2D eigenvalue weighted by Gasteiger charge is 2.52. The van der Waals surface area contributed by atoms with Gasteiger partial charge in [0, 0.05) is 10.6 Å². The van der Waals surface area contributed by atoms with Gasteiger partial charge in [-0.05, 0) is 52.8 Å². The molecule has 7 heteroatoms. The van der Waals surface area contributed by atoms with Crippen molar-refractivity contribution in [2.75, 3.05) is 6.61 Å². The van der Waals surface area contributed by atoms with Crippen LogP contribution in [0.25, 0.3) is 0 Å². The Labute approximate surface area is 139 Å². The highest BCUT2D eigenvalue weighted by molar-refractivity contribution is 6.89.